The van der Waals surface area contributed by atoms with Crippen molar-refractivity contribution in [2.75, 3.05) is 18.5 Å². The van der Waals surface area contributed by atoms with E-state index in [1.165, 1.54) is 0 Å². The molecule has 0 bridgehead atoms. The highest BCUT2D eigenvalue weighted by molar-refractivity contribution is 5.94. The number of nitrogens with one attached hydrogen (secondary N) is 2. The Morgan fingerprint density at radius 2 is 1.81 bits per heavy atom. The molecule has 0 spiro atoms. The first-order valence-corrected chi connectivity index (χ1v) is 11.7. The Balaban J connectivity index is 1.32. The van der Waals surface area contributed by atoms with Gasteiger partial charge >= 0.3 is 5.97 Å². The van der Waals surface area contributed by atoms with E-state index in [0.29, 0.717) is 29.5 Å². The van der Waals surface area contributed by atoms with Crippen molar-refractivity contribution >= 4 is 28.5 Å². The van der Waals surface area contributed by atoms with Crippen LogP contribution < -0.4 is 15.4 Å². The zero-order valence-electron chi connectivity index (χ0n) is 20.1. The van der Waals surface area contributed by atoms with Crippen LogP contribution in [0.2, 0.25) is 0 Å². The van der Waals surface area contributed by atoms with Crippen molar-refractivity contribution in [1.82, 2.24) is 15.5 Å². The Morgan fingerprint density at radius 1 is 1.03 bits per heavy atom. The molecule has 0 radical (unpaired) electrons. The van der Waals surface area contributed by atoms with Gasteiger partial charge < -0.3 is 24.9 Å². The number of fused-ring (bicyclic) bond motifs is 1. The van der Waals surface area contributed by atoms with Crippen molar-refractivity contribution in [3.63, 3.8) is 0 Å². The summed E-state index contributed by atoms with van der Waals surface area (Å²) in [6, 6.07) is 20.3. The van der Waals surface area contributed by atoms with Crippen LogP contribution in [0.15, 0.2) is 71.1 Å². The predicted octanol–water partition coefficient (Wildman–Crippen LogP) is 4.61. The van der Waals surface area contributed by atoms with Gasteiger partial charge in [-0.3, -0.25) is 9.59 Å². The number of carbonyl (C=O) groups excluding carboxylic acids is 1. The summed E-state index contributed by atoms with van der Waals surface area (Å²) in [6.45, 7) is 4.63. The summed E-state index contributed by atoms with van der Waals surface area (Å²) in [5, 5.41) is 24.1. The standard InChI is InChI=1S/C27H28N4O5/c1-17(2)22(29-20-9-7-18(8-10-20)27(34)28-14-13-26(32)33)16-35-25-12-11-21(30-31-25)24-15-19-5-3-4-6-23(19)36-24/h3-12,15,17,22,29H,13-14,16H2,1-2H3,(H,28,34)(H,32,33). The van der Waals surface area contributed by atoms with Gasteiger partial charge in [-0.1, -0.05) is 32.0 Å². The van der Waals surface area contributed by atoms with Crippen molar-refractivity contribution < 1.29 is 23.8 Å². The predicted molar refractivity (Wildman–Crippen MR) is 136 cm³/mol. The molecule has 36 heavy (non-hydrogen) atoms. The molecule has 1 unspecified atom stereocenters. The molecule has 0 fully saturated rings. The second-order valence-electron chi connectivity index (χ2n) is 8.69. The number of carboxylic acid groups (broad SMARTS) is 1. The van der Waals surface area contributed by atoms with Gasteiger partial charge in [-0.15, -0.1) is 10.2 Å². The van der Waals surface area contributed by atoms with E-state index in [-0.39, 0.29) is 30.8 Å². The number of ether oxygens (including phenoxy) is 1. The Bertz CT molecular complexity index is 1280. The van der Waals surface area contributed by atoms with Crippen LogP contribution in [0.3, 0.4) is 0 Å². The van der Waals surface area contributed by atoms with Crippen molar-refractivity contribution in [3.8, 4) is 17.3 Å². The molecule has 0 saturated heterocycles. The van der Waals surface area contributed by atoms with Crippen LogP contribution in [0.4, 0.5) is 5.69 Å². The quantitative estimate of drug-likeness (QED) is 0.279. The van der Waals surface area contributed by atoms with Crippen LogP contribution in [0.25, 0.3) is 22.4 Å². The average molecular weight is 489 g/mol. The van der Waals surface area contributed by atoms with E-state index in [0.717, 1.165) is 16.7 Å². The smallest absolute Gasteiger partial charge is 0.305 e. The number of aliphatic carboxylic acids is 1. The molecule has 2 heterocycles. The van der Waals surface area contributed by atoms with Gasteiger partial charge in [-0.25, -0.2) is 0 Å². The summed E-state index contributed by atoms with van der Waals surface area (Å²) in [7, 11) is 0. The van der Waals surface area contributed by atoms with E-state index in [2.05, 4.69) is 34.7 Å². The molecule has 0 aliphatic heterocycles. The summed E-state index contributed by atoms with van der Waals surface area (Å²) in [5.41, 5.74) is 2.73. The monoisotopic (exact) mass is 488 g/mol. The van der Waals surface area contributed by atoms with Crippen molar-refractivity contribution in [1.29, 1.82) is 0 Å². The largest absolute Gasteiger partial charge is 0.481 e. The first-order valence-electron chi connectivity index (χ1n) is 11.7. The van der Waals surface area contributed by atoms with Crippen LogP contribution in [-0.4, -0.2) is 46.4 Å². The van der Waals surface area contributed by atoms with E-state index >= 15 is 0 Å². The number of aromatic nitrogens is 2. The molecule has 2 aromatic carbocycles. The minimum absolute atomic E-state index is 0.0166. The van der Waals surface area contributed by atoms with Crippen LogP contribution in [-0.2, 0) is 4.79 Å². The zero-order valence-corrected chi connectivity index (χ0v) is 20.1. The summed E-state index contributed by atoms with van der Waals surface area (Å²) in [4.78, 5) is 22.7. The molecule has 0 aliphatic carbocycles. The molecule has 9 nitrogen and oxygen atoms in total. The van der Waals surface area contributed by atoms with Gasteiger partial charge in [0, 0.05) is 29.2 Å². The van der Waals surface area contributed by atoms with Crippen molar-refractivity contribution in [2.45, 2.75) is 26.3 Å². The number of anilines is 1. The number of carbonyl (C=O) groups is 2. The zero-order chi connectivity index (χ0) is 25.5. The van der Waals surface area contributed by atoms with Crippen LogP contribution >= 0.6 is 0 Å². The number of hydrogen-bond donors (Lipinski definition) is 3. The SMILES string of the molecule is CC(C)C(COc1ccc(-c2cc3ccccc3o2)nn1)Nc1ccc(C(=O)NCCC(=O)O)cc1. The molecule has 3 N–H and O–H groups in total. The third-order valence-corrected chi connectivity index (χ3v) is 5.66. The van der Waals surface area contributed by atoms with Gasteiger partial charge in [0.15, 0.2) is 5.76 Å². The first kappa shape index (κ1) is 24.7. The molecule has 186 valence electrons. The van der Waals surface area contributed by atoms with Gasteiger partial charge in [0.1, 0.15) is 17.9 Å². The highest BCUT2D eigenvalue weighted by Crippen LogP contribution is 2.26. The lowest BCUT2D eigenvalue weighted by molar-refractivity contribution is -0.136. The summed E-state index contributed by atoms with van der Waals surface area (Å²) >= 11 is 0. The molecule has 2 aromatic heterocycles. The average Bonchev–Trinajstić information content (AvgIpc) is 3.31. The molecule has 4 aromatic rings. The lowest BCUT2D eigenvalue weighted by atomic mass is 10.0. The number of rotatable bonds is 11. The molecule has 9 heteroatoms. The summed E-state index contributed by atoms with van der Waals surface area (Å²) < 4.78 is 11.7. The lowest BCUT2D eigenvalue weighted by Crippen LogP contribution is -2.32. The number of para-hydroxylation sites is 1. The van der Waals surface area contributed by atoms with Crippen molar-refractivity contribution in [3.05, 3.63) is 72.3 Å². The minimum atomic E-state index is -0.954. The fraction of sp³-hybridized carbons (Fsp3) is 0.259. The number of benzene rings is 2. The number of amides is 1. The van der Waals surface area contributed by atoms with Gasteiger partial charge in [-0.05, 0) is 48.4 Å². The normalized spacial score (nSPS) is 11.9. The van der Waals surface area contributed by atoms with Crippen LogP contribution in [0.1, 0.15) is 30.6 Å². The topological polar surface area (TPSA) is 127 Å². The van der Waals surface area contributed by atoms with E-state index in [9.17, 15) is 9.59 Å². The maximum absolute atomic E-state index is 12.1. The second-order valence-corrected chi connectivity index (χ2v) is 8.69. The van der Waals surface area contributed by atoms with Gasteiger partial charge in [0.2, 0.25) is 5.88 Å². The summed E-state index contributed by atoms with van der Waals surface area (Å²) in [6.07, 6.45) is -0.117. The van der Waals surface area contributed by atoms with E-state index in [1.54, 1.807) is 18.2 Å². The Hall–Kier alpha value is -4.40. The number of furan rings is 1. The van der Waals surface area contributed by atoms with Gasteiger partial charge in [-0.2, -0.15) is 0 Å². The maximum Gasteiger partial charge on any atom is 0.305 e. The molecule has 4 rings (SSSR count). The fourth-order valence-corrected chi connectivity index (χ4v) is 3.53. The van der Waals surface area contributed by atoms with E-state index in [1.807, 2.05) is 48.5 Å². The number of hydrogen-bond acceptors (Lipinski definition) is 7. The molecular weight excluding hydrogens is 460 g/mol. The molecule has 0 saturated carbocycles. The van der Waals surface area contributed by atoms with Crippen LogP contribution in [0.5, 0.6) is 5.88 Å². The number of nitrogens with zero attached hydrogens (tertiary/aromatic N) is 2. The Morgan fingerprint density at radius 3 is 2.47 bits per heavy atom. The third-order valence-electron chi connectivity index (χ3n) is 5.66. The van der Waals surface area contributed by atoms with Gasteiger partial charge in [0.25, 0.3) is 5.91 Å². The fourth-order valence-electron chi connectivity index (χ4n) is 3.53. The lowest BCUT2D eigenvalue weighted by Gasteiger charge is -2.23. The highest BCUT2D eigenvalue weighted by atomic mass is 16.5. The maximum atomic E-state index is 12.1. The number of carboxylic acids is 1. The van der Waals surface area contributed by atoms with Gasteiger partial charge in [0.05, 0.1) is 12.5 Å². The van der Waals surface area contributed by atoms with Crippen molar-refractivity contribution in [2.24, 2.45) is 5.92 Å². The molecule has 1 atom stereocenters. The Labute approximate surface area is 208 Å². The van der Waals surface area contributed by atoms with Crippen LogP contribution in [0, 0.1) is 5.92 Å². The minimum Gasteiger partial charge on any atom is -0.481 e. The first-order chi connectivity index (χ1) is 17.4. The second kappa shape index (κ2) is 11.4. The summed E-state index contributed by atoms with van der Waals surface area (Å²) in [5.74, 6) is 0.0552. The molecular formula is C27H28N4O5. The van der Waals surface area contributed by atoms with E-state index in [4.69, 9.17) is 14.3 Å². The molecule has 1 amide bonds. The molecule has 0 aliphatic rings. The Kier molecular flexibility index (Phi) is 7.79. The van der Waals surface area contributed by atoms with E-state index < -0.39 is 5.97 Å². The third kappa shape index (κ3) is 6.38. The highest BCUT2D eigenvalue weighted by Gasteiger charge is 2.16.